The maximum Gasteiger partial charge on any atom is 0.397 e. The Balaban J connectivity index is 0.00000405. The van der Waals surface area contributed by atoms with Gasteiger partial charge in [0.2, 0.25) is 5.88 Å². The summed E-state index contributed by atoms with van der Waals surface area (Å²) in [6, 6.07) is 12.0. The van der Waals surface area contributed by atoms with Gasteiger partial charge in [-0.15, -0.1) is 5.10 Å². The predicted molar refractivity (Wildman–Crippen MR) is 156 cm³/mol. The molecule has 1 atom stereocenters. The van der Waals surface area contributed by atoms with E-state index in [9.17, 15) is 26.4 Å². The highest BCUT2D eigenvalue weighted by Crippen LogP contribution is 2.53. The van der Waals surface area contributed by atoms with Crippen LogP contribution in [0.3, 0.4) is 0 Å². The van der Waals surface area contributed by atoms with Gasteiger partial charge >= 0.3 is 6.18 Å². The number of hydrogen-bond donors (Lipinski definition) is 1. The van der Waals surface area contributed by atoms with Crippen LogP contribution in [0.5, 0.6) is 5.88 Å². The largest absolute Gasteiger partial charge is 0.476 e. The normalized spacial score (nSPS) is 19.5. The second-order valence-electron chi connectivity index (χ2n) is 11.5. The van der Waals surface area contributed by atoms with Crippen molar-refractivity contribution in [2.75, 3.05) is 18.1 Å². The number of amides is 1. The molecule has 228 valence electrons. The van der Waals surface area contributed by atoms with Crippen molar-refractivity contribution in [1.29, 1.82) is 0 Å². The van der Waals surface area contributed by atoms with Gasteiger partial charge in [0.25, 0.3) is 15.9 Å². The first kappa shape index (κ1) is 31.7. The molecule has 3 aromatic rings. The van der Waals surface area contributed by atoms with Gasteiger partial charge < -0.3 is 9.64 Å². The summed E-state index contributed by atoms with van der Waals surface area (Å²) in [6.07, 6.45) is -1.47. The number of carbonyl (C=O) groups is 1. The van der Waals surface area contributed by atoms with E-state index in [0.717, 1.165) is 6.42 Å². The zero-order valence-corrected chi connectivity index (χ0v) is 25.3. The van der Waals surface area contributed by atoms with Crippen LogP contribution in [-0.2, 0) is 10.0 Å². The minimum atomic E-state index is -4.35. The molecule has 5 rings (SSSR count). The molecule has 9 nitrogen and oxygen atoms in total. The average molecular weight is 626 g/mol. The van der Waals surface area contributed by atoms with Crippen LogP contribution in [0, 0.1) is 11.3 Å². The van der Waals surface area contributed by atoms with Crippen molar-refractivity contribution in [1.82, 2.24) is 19.5 Å². The number of halogens is 3. The second-order valence-corrected chi connectivity index (χ2v) is 13.2. The molecular weight excluding hydrogens is 591 g/mol. The fourth-order valence-electron chi connectivity index (χ4n) is 5.58. The minimum Gasteiger partial charge on any atom is -0.476 e. The Morgan fingerprint density at radius 2 is 1.81 bits per heavy atom. The maximum absolute atomic E-state index is 13.5. The molecule has 2 fully saturated rings. The van der Waals surface area contributed by atoms with E-state index in [0.29, 0.717) is 18.8 Å². The Bertz CT molecular complexity index is 1540. The number of nitrogens with one attached hydrogen (secondary N) is 1. The Morgan fingerprint density at radius 3 is 2.38 bits per heavy atom. The highest BCUT2D eigenvalue weighted by Gasteiger charge is 2.59. The molecule has 1 aromatic carbocycles. The Kier molecular flexibility index (Phi) is 8.62. The van der Waals surface area contributed by atoms with Crippen molar-refractivity contribution in [3.05, 3.63) is 60.3 Å². The quantitative estimate of drug-likeness (QED) is 0.365. The van der Waals surface area contributed by atoms with Crippen molar-refractivity contribution in [2.24, 2.45) is 11.3 Å². The number of ether oxygens (including phenoxy) is 1. The monoisotopic (exact) mass is 625 g/mol. The molecule has 2 aromatic heterocycles. The predicted octanol–water partition coefficient (Wildman–Crippen LogP) is 5.24. The third kappa shape index (κ3) is 6.10. The van der Waals surface area contributed by atoms with Gasteiger partial charge in [0, 0.05) is 24.3 Å². The molecule has 1 amide bonds. The first-order chi connectivity index (χ1) is 19.2. The van der Waals surface area contributed by atoms with E-state index >= 15 is 0 Å². The highest BCUT2D eigenvalue weighted by atomic mass is 32.2. The number of pyridine rings is 1. The van der Waals surface area contributed by atoms with Crippen molar-refractivity contribution < 1.29 is 31.1 Å². The van der Waals surface area contributed by atoms with E-state index in [1.54, 1.807) is 18.2 Å². The van der Waals surface area contributed by atoms with E-state index in [1.165, 1.54) is 41.2 Å². The average Bonchev–Trinajstić information content (AvgIpc) is 3.45. The van der Waals surface area contributed by atoms with E-state index in [2.05, 4.69) is 16.7 Å². The molecule has 1 aliphatic carbocycles. The van der Waals surface area contributed by atoms with Crippen LogP contribution >= 0.6 is 13.5 Å². The molecule has 2 aliphatic rings. The third-order valence-electron chi connectivity index (χ3n) is 7.92. The number of aromatic nitrogens is 3. The van der Waals surface area contributed by atoms with Crippen LogP contribution in [0.25, 0.3) is 5.82 Å². The summed E-state index contributed by atoms with van der Waals surface area (Å²) >= 11 is 0. The number of rotatable bonds is 8. The molecule has 42 heavy (non-hydrogen) atoms. The Labute approximate surface area is 250 Å². The first-order valence-electron chi connectivity index (χ1n) is 13.4. The molecule has 0 bridgehead atoms. The van der Waals surface area contributed by atoms with Crippen LogP contribution in [0.1, 0.15) is 56.8 Å². The summed E-state index contributed by atoms with van der Waals surface area (Å²) in [5.41, 5.74) is -2.17. The van der Waals surface area contributed by atoms with Crippen molar-refractivity contribution in [3.63, 3.8) is 0 Å². The number of benzene rings is 1. The summed E-state index contributed by atoms with van der Waals surface area (Å²) in [7, 11) is -4.13. The SMILES string of the molecule is C[C@@H]1CN(c2nc(-n3ccc(OCC4(C(F)(F)F)CCC4)n3)ccc2C(=O)NS(=O)(=O)c2ccccc2)C(C)(C)C1.S. The van der Waals surface area contributed by atoms with Crippen LogP contribution < -0.4 is 14.4 Å². The van der Waals surface area contributed by atoms with Gasteiger partial charge in [0.1, 0.15) is 17.8 Å². The van der Waals surface area contributed by atoms with Gasteiger partial charge in [-0.25, -0.2) is 22.8 Å². The van der Waals surface area contributed by atoms with Crippen molar-refractivity contribution in [2.45, 2.75) is 63.1 Å². The lowest BCUT2D eigenvalue weighted by molar-refractivity contribution is -0.259. The standard InChI is InChI=1S/C28H32F3N5O4S.H2S/c1-19-16-26(2,3)35(17-19)24-21(25(37)34-41(38,39)20-8-5-4-6-9-20)10-11-22(32-24)36-15-12-23(33-36)40-18-27(13-7-14-27)28(29,30)31;/h4-6,8-12,15,19H,7,13-14,16-18H2,1-3H3,(H,34,37);1H2/t19-;/m0./s1. The molecule has 0 spiro atoms. The molecule has 0 unspecified atom stereocenters. The molecule has 1 N–H and O–H groups in total. The van der Waals surface area contributed by atoms with Gasteiger partial charge in [-0.05, 0) is 63.3 Å². The number of nitrogens with zero attached hydrogens (tertiary/aromatic N) is 4. The zero-order chi connectivity index (χ0) is 29.6. The van der Waals surface area contributed by atoms with Crippen LogP contribution in [0.4, 0.5) is 19.0 Å². The molecule has 0 radical (unpaired) electrons. The number of carbonyl (C=O) groups excluding carboxylic acids is 1. The summed E-state index contributed by atoms with van der Waals surface area (Å²) < 4.78 is 75.3. The minimum absolute atomic E-state index is 0. The van der Waals surface area contributed by atoms with E-state index in [1.807, 2.05) is 18.7 Å². The van der Waals surface area contributed by atoms with Crippen LogP contribution in [0.15, 0.2) is 59.6 Å². The van der Waals surface area contributed by atoms with Gasteiger partial charge in [-0.3, -0.25) is 4.79 Å². The van der Waals surface area contributed by atoms with E-state index in [-0.39, 0.29) is 60.0 Å². The zero-order valence-electron chi connectivity index (χ0n) is 23.5. The van der Waals surface area contributed by atoms with Crippen LogP contribution in [-0.4, -0.2) is 54.0 Å². The summed E-state index contributed by atoms with van der Waals surface area (Å²) in [6.45, 7) is 6.19. The van der Waals surface area contributed by atoms with E-state index < -0.39 is 34.1 Å². The van der Waals surface area contributed by atoms with Gasteiger partial charge in [0.05, 0.1) is 10.5 Å². The maximum atomic E-state index is 13.5. The second kappa shape index (κ2) is 11.4. The highest BCUT2D eigenvalue weighted by molar-refractivity contribution is 7.90. The van der Waals surface area contributed by atoms with Crippen molar-refractivity contribution >= 4 is 35.2 Å². The van der Waals surface area contributed by atoms with Gasteiger partial charge in [-0.1, -0.05) is 31.5 Å². The number of anilines is 1. The Morgan fingerprint density at radius 1 is 1.12 bits per heavy atom. The molecule has 1 saturated carbocycles. The molecule has 3 heterocycles. The third-order valence-corrected chi connectivity index (χ3v) is 9.27. The smallest absolute Gasteiger partial charge is 0.397 e. The molecule has 1 aliphatic heterocycles. The topological polar surface area (TPSA) is 106 Å². The van der Waals surface area contributed by atoms with E-state index in [4.69, 9.17) is 9.72 Å². The number of sulfonamides is 1. The summed E-state index contributed by atoms with van der Waals surface area (Å²) in [4.78, 5) is 20.0. The summed E-state index contributed by atoms with van der Waals surface area (Å²) in [5.74, 6) is 0.0509. The lowest BCUT2D eigenvalue weighted by Crippen LogP contribution is -2.48. The molecule has 14 heteroatoms. The molecular formula is C28H34F3N5O4S2. The Hall–Kier alpha value is -3.26. The van der Waals surface area contributed by atoms with Gasteiger partial charge in [-0.2, -0.15) is 26.7 Å². The lowest BCUT2D eigenvalue weighted by atomic mass is 9.69. The number of hydrogen-bond acceptors (Lipinski definition) is 7. The lowest BCUT2D eigenvalue weighted by Gasteiger charge is -2.42. The fourth-order valence-corrected chi connectivity index (χ4v) is 6.57. The van der Waals surface area contributed by atoms with Crippen LogP contribution in [0.2, 0.25) is 0 Å². The first-order valence-corrected chi connectivity index (χ1v) is 14.9. The fraction of sp³-hybridized carbons (Fsp3) is 0.464. The molecule has 1 saturated heterocycles. The van der Waals surface area contributed by atoms with Gasteiger partial charge in [0.15, 0.2) is 5.82 Å². The van der Waals surface area contributed by atoms with Crippen molar-refractivity contribution in [3.8, 4) is 11.7 Å². The number of alkyl halides is 3. The summed E-state index contributed by atoms with van der Waals surface area (Å²) in [5, 5.41) is 4.27.